The Bertz CT molecular complexity index is 580. The Kier molecular flexibility index (Phi) is 5.90. The van der Waals surface area contributed by atoms with Crippen molar-refractivity contribution in [3.8, 4) is 0 Å². The number of nitrogens with one attached hydrogen (secondary N) is 1. The van der Waals surface area contributed by atoms with Gasteiger partial charge in [-0.2, -0.15) is 0 Å². The fourth-order valence-electron chi connectivity index (χ4n) is 2.05. The van der Waals surface area contributed by atoms with Crippen molar-refractivity contribution >= 4 is 10.0 Å². The lowest BCUT2D eigenvalue weighted by molar-refractivity contribution is 0.310. The van der Waals surface area contributed by atoms with Gasteiger partial charge in [0.2, 0.25) is 10.0 Å². The fraction of sp³-hybridized carbons (Fsp3) is 0.600. The van der Waals surface area contributed by atoms with E-state index in [4.69, 9.17) is 0 Å². The SMILES string of the molecule is CCNCc1ccc(F)c(S(=O)(=O)N(C)CC(C)(C)C)c1. The Morgan fingerprint density at radius 1 is 1.29 bits per heavy atom. The van der Waals surface area contributed by atoms with Gasteiger partial charge in [-0.3, -0.25) is 0 Å². The summed E-state index contributed by atoms with van der Waals surface area (Å²) >= 11 is 0. The smallest absolute Gasteiger partial charge is 0.245 e. The van der Waals surface area contributed by atoms with Crippen molar-refractivity contribution in [1.29, 1.82) is 0 Å². The van der Waals surface area contributed by atoms with Gasteiger partial charge in [0.05, 0.1) is 0 Å². The van der Waals surface area contributed by atoms with Crippen molar-refractivity contribution in [2.45, 2.75) is 39.1 Å². The lowest BCUT2D eigenvalue weighted by Crippen LogP contribution is -2.35. The zero-order valence-electron chi connectivity index (χ0n) is 13.4. The molecule has 4 nitrogen and oxygen atoms in total. The second-order valence-corrected chi connectivity index (χ2v) is 8.38. The van der Waals surface area contributed by atoms with Gasteiger partial charge in [0.1, 0.15) is 10.7 Å². The molecule has 0 aliphatic heterocycles. The number of halogens is 1. The molecule has 0 bridgehead atoms. The maximum absolute atomic E-state index is 14.0. The maximum Gasteiger partial charge on any atom is 0.245 e. The lowest BCUT2D eigenvalue weighted by atomic mass is 9.97. The van der Waals surface area contributed by atoms with Gasteiger partial charge in [0.25, 0.3) is 0 Å². The molecule has 6 heteroatoms. The van der Waals surface area contributed by atoms with E-state index in [1.165, 1.54) is 23.5 Å². The van der Waals surface area contributed by atoms with E-state index in [9.17, 15) is 12.8 Å². The second kappa shape index (κ2) is 6.85. The number of sulfonamides is 1. The molecule has 0 aromatic heterocycles. The molecule has 0 aliphatic carbocycles. The molecule has 120 valence electrons. The molecule has 21 heavy (non-hydrogen) atoms. The number of rotatable bonds is 6. The third kappa shape index (κ3) is 5.05. The van der Waals surface area contributed by atoms with Crippen LogP contribution in [0.5, 0.6) is 0 Å². The van der Waals surface area contributed by atoms with Gasteiger partial charge in [-0.25, -0.2) is 17.1 Å². The van der Waals surface area contributed by atoms with Crippen molar-refractivity contribution in [2.24, 2.45) is 5.41 Å². The van der Waals surface area contributed by atoms with E-state index in [1.807, 2.05) is 27.7 Å². The number of nitrogens with zero attached hydrogens (tertiary/aromatic N) is 1. The molecule has 0 saturated heterocycles. The Balaban J connectivity index is 3.12. The molecule has 1 aromatic rings. The molecule has 0 aliphatic rings. The Hall–Kier alpha value is -0.980. The molecular weight excluding hydrogens is 291 g/mol. The van der Waals surface area contributed by atoms with Gasteiger partial charge in [0, 0.05) is 20.1 Å². The topological polar surface area (TPSA) is 49.4 Å². The molecule has 1 aromatic carbocycles. The van der Waals surface area contributed by atoms with Gasteiger partial charge in [-0.15, -0.1) is 0 Å². The van der Waals surface area contributed by atoms with Crippen LogP contribution in [0.1, 0.15) is 33.3 Å². The average molecular weight is 316 g/mol. The first-order chi connectivity index (χ1) is 9.58. The highest BCUT2D eigenvalue weighted by Crippen LogP contribution is 2.23. The minimum atomic E-state index is -3.82. The van der Waals surface area contributed by atoms with Crippen LogP contribution in [0.3, 0.4) is 0 Å². The monoisotopic (exact) mass is 316 g/mol. The molecular formula is C15H25FN2O2S. The van der Waals surface area contributed by atoms with Crippen LogP contribution in [0, 0.1) is 11.2 Å². The molecule has 0 saturated carbocycles. The largest absolute Gasteiger partial charge is 0.313 e. The lowest BCUT2D eigenvalue weighted by Gasteiger charge is -2.26. The summed E-state index contributed by atoms with van der Waals surface area (Å²) in [5, 5.41) is 3.10. The summed E-state index contributed by atoms with van der Waals surface area (Å²) in [4.78, 5) is -0.260. The quantitative estimate of drug-likeness (QED) is 0.877. The molecule has 0 amide bonds. The molecule has 0 heterocycles. The molecule has 0 unspecified atom stereocenters. The molecule has 0 atom stereocenters. The van der Waals surface area contributed by atoms with Crippen LogP contribution in [-0.4, -0.2) is 32.9 Å². The highest BCUT2D eigenvalue weighted by Gasteiger charge is 2.28. The predicted molar refractivity (Wildman–Crippen MR) is 83.1 cm³/mol. The van der Waals surface area contributed by atoms with E-state index in [0.717, 1.165) is 12.1 Å². The van der Waals surface area contributed by atoms with Crippen molar-refractivity contribution in [1.82, 2.24) is 9.62 Å². The van der Waals surface area contributed by atoms with Crippen molar-refractivity contribution < 1.29 is 12.8 Å². The van der Waals surface area contributed by atoms with Crippen molar-refractivity contribution in [3.05, 3.63) is 29.6 Å². The third-order valence-corrected chi connectivity index (χ3v) is 4.78. The first kappa shape index (κ1) is 18.1. The summed E-state index contributed by atoms with van der Waals surface area (Å²) in [6.07, 6.45) is 0. The molecule has 1 N–H and O–H groups in total. The first-order valence-corrected chi connectivity index (χ1v) is 8.47. The predicted octanol–water partition coefficient (Wildman–Crippen LogP) is 2.60. The highest BCUT2D eigenvalue weighted by molar-refractivity contribution is 7.89. The van der Waals surface area contributed by atoms with Gasteiger partial charge < -0.3 is 5.32 Å². The number of hydrogen-bond acceptors (Lipinski definition) is 3. The second-order valence-electron chi connectivity index (χ2n) is 6.37. The maximum atomic E-state index is 14.0. The number of hydrogen-bond donors (Lipinski definition) is 1. The van der Waals surface area contributed by atoms with Crippen LogP contribution in [0.25, 0.3) is 0 Å². The minimum Gasteiger partial charge on any atom is -0.313 e. The first-order valence-electron chi connectivity index (χ1n) is 7.03. The minimum absolute atomic E-state index is 0.195. The zero-order chi connectivity index (χ0) is 16.3. The van der Waals surface area contributed by atoms with Crippen LogP contribution < -0.4 is 5.32 Å². The summed E-state index contributed by atoms with van der Waals surface area (Å²) < 4.78 is 40.2. The molecule has 0 radical (unpaired) electrons. The van der Waals surface area contributed by atoms with Crippen LogP contribution >= 0.6 is 0 Å². The van der Waals surface area contributed by atoms with Crippen LogP contribution in [-0.2, 0) is 16.6 Å². The van der Waals surface area contributed by atoms with E-state index < -0.39 is 15.8 Å². The van der Waals surface area contributed by atoms with Gasteiger partial charge in [0.15, 0.2) is 0 Å². The average Bonchev–Trinajstić information content (AvgIpc) is 2.35. The third-order valence-electron chi connectivity index (χ3n) is 2.96. The van der Waals surface area contributed by atoms with Gasteiger partial charge >= 0.3 is 0 Å². The summed E-state index contributed by atoms with van der Waals surface area (Å²) in [7, 11) is -2.34. The highest BCUT2D eigenvalue weighted by atomic mass is 32.2. The summed E-state index contributed by atoms with van der Waals surface area (Å²) in [6.45, 7) is 9.39. The van der Waals surface area contributed by atoms with E-state index in [0.29, 0.717) is 13.1 Å². The van der Waals surface area contributed by atoms with E-state index in [1.54, 1.807) is 6.07 Å². The van der Waals surface area contributed by atoms with E-state index in [2.05, 4.69) is 5.32 Å². The summed E-state index contributed by atoms with van der Waals surface area (Å²) in [5.41, 5.74) is 0.556. The van der Waals surface area contributed by atoms with Gasteiger partial charge in [-0.1, -0.05) is 33.8 Å². The zero-order valence-corrected chi connectivity index (χ0v) is 14.2. The van der Waals surface area contributed by atoms with Crippen LogP contribution in [0.4, 0.5) is 4.39 Å². The van der Waals surface area contributed by atoms with Crippen LogP contribution in [0.15, 0.2) is 23.1 Å². The standard InChI is InChI=1S/C15H25FN2O2S/c1-6-17-10-12-7-8-13(16)14(9-12)21(19,20)18(5)11-15(2,3)4/h7-9,17H,6,10-11H2,1-5H3. The summed E-state index contributed by atoms with van der Waals surface area (Å²) in [6, 6.07) is 4.22. The van der Waals surface area contributed by atoms with Gasteiger partial charge in [-0.05, 0) is 29.7 Å². The van der Waals surface area contributed by atoms with E-state index in [-0.39, 0.29) is 10.3 Å². The Labute approximate surface area is 127 Å². The fourth-order valence-corrected chi connectivity index (χ4v) is 3.55. The summed E-state index contributed by atoms with van der Waals surface area (Å²) in [5.74, 6) is -0.712. The van der Waals surface area contributed by atoms with Crippen molar-refractivity contribution in [2.75, 3.05) is 20.1 Å². The van der Waals surface area contributed by atoms with E-state index >= 15 is 0 Å². The Morgan fingerprint density at radius 2 is 1.90 bits per heavy atom. The molecule has 1 rings (SSSR count). The Morgan fingerprint density at radius 3 is 2.43 bits per heavy atom. The molecule has 0 fully saturated rings. The van der Waals surface area contributed by atoms with Crippen molar-refractivity contribution in [3.63, 3.8) is 0 Å². The number of benzene rings is 1. The normalized spacial score (nSPS) is 12.9. The molecule has 0 spiro atoms. The van der Waals surface area contributed by atoms with Crippen LogP contribution in [0.2, 0.25) is 0 Å².